The summed E-state index contributed by atoms with van der Waals surface area (Å²) in [5.74, 6) is -0.0291. The van der Waals surface area contributed by atoms with E-state index >= 15 is 0 Å². The molecule has 1 aromatic heterocycles. The van der Waals surface area contributed by atoms with E-state index in [1.807, 2.05) is 43.3 Å². The van der Waals surface area contributed by atoms with Gasteiger partial charge in [0.15, 0.2) is 5.76 Å². The zero-order valence-corrected chi connectivity index (χ0v) is 14.4. The van der Waals surface area contributed by atoms with Gasteiger partial charge in [0.2, 0.25) is 0 Å². The van der Waals surface area contributed by atoms with Crippen LogP contribution in [0.2, 0.25) is 0 Å². The standard InChI is InChI=1S/C21H18N2O3/c1-14-4-2-5-16(12-14)20(24)22-17-8-7-15-9-10-23(18(15)13-17)21(25)19-6-3-11-26-19/h2-8,11-13H,9-10H2,1H3,(H,22,24). The van der Waals surface area contributed by atoms with Gasteiger partial charge in [0.1, 0.15) is 0 Å². The Balaban J connectivity index is 1.58. The average Bonchev–Trinajstić information content (AvgIpc) is 3.31. The fourth-order valence-electron chi connectivity index (χ4n) is 3.19. The van der Waals surface area contributed by atoms with E-state index in [1.54, 1.807) is 23.1 Å². The highest BCUT2D eigenvalue weighted by Gasteiger charge is 2.27. The lowest BCUT2D eigenvalue weighted by atomic mass is 10.1. The van der Waals surface area contributed by atoms with Crippen molar-refractivity contribution < 1.29 is 14.0 Å². The van der Waals surface area contributed by atoms with E-state index in [0.717, 1.165) is 23.2 Å². The van der Waals surface area contributed by atoms with Gasteiger partial charge in [-0.3, -0.25) is 9.59 Å². The molecule has 0 saturated heterocycles. The van der Waals surface area contributed by atoms with Crippen LogP contribution in [-0.2, 0) is 6.42 Å². The Labute approximate surface area is 151 Å². The highest BCUT2D eigenvalue weighted by molar-refractivity contribution is 6.07. The van der Waals surface area contributed by atoms with Gasteiger partial charge < -0.3 is 14.6 Å². The lowest BCUT2D eigenvalue weighted by Gasteiger charge is -2.17. The number of benzene rings is 2. The average molecular weight is 346 g/mol. The molecule has 1 aliphatic heterocycles. The first-order chi connectivity index (χ1) is 12.6. The van der Waals surface area contributed by atoms with Crippen LogP contribution in [0.25, 0.3) is 0 Å². The molecule has 5 nitrogen and oxygen atoms in total. The Kier molecular flexibility index (Phi) is 4.05. The Hall–Kier alpha value is -3.34. The first-order valence-electron chi connectivity index (χ1n) is 8.48. The molecule has 2 heterocycles. The number of carbonyl (C=O) groups is 2. The van der Waals surface area contributed by atoms with E-state index < -0.39 is 0 Å². The summed E-state index contributed by atoms with van der Waals surface area (Å²) < 4.78 is 5.23. The number of hydrogen-bond donors (Lipinski definition) is 1. The molecule has 5 heteroatoms. The Bertz CT molecular complexity index is 977. The maximum absolute atomic E-state index is 12.6. The van der Waals surface area contributed by atoms with Crippen LogP contribution in [0.5, 0.6) is 0 Å². The minimum atomic E-state index is -0.171. The van der Waals surface area contributed by atoms with Crippen LogP contribution in [0.3, 0.4) is 0 Å². The number of furan rings is 1. The third kappa shape index (κ3) is 2.99. The summed E-state index contributed by atoms with van der Waals surface area (Å²) in [6.45, 7) is 2.55. The molecule has 0 unspecified atom stereocenters. The van der Waals surface area contributed by atoms with Crippen molar-refractivity contribution in [1.82, 2.24) is 0 Å². The Morgan fingerprint density at radius 1 is 1.08 bits per heavy atom. The van der Waals surface area contributed by atoms with Gasteiger partial charge in [0.05, 0.1) is 6.26 Å². The summed E-state index contributed by atoms with van der Waals surface area (Å²) in [4.78, 5) is 26.8. The molecule has 1 aliphatic rings. The topological polar surface area (TPSA) is 62.6 Å². The minimum Gasteiger partial charge on any atom is -0.459 e. The molecule has 1 N–H and O–H groups in total. The fraction of sp³-hybridized carbons (Fsp3) is 0.143. The number of aryl methyl sites for hydroxylation is 1. The number of rotatable bonds is 3. The van der Waals surface area contributed by atoms with Crippen molar-refractivity contribution in [2.75, 3.05) is 16.8 Å². The van der Waals surface area contributed by atoms with Crippen molar-refractivity contribution >= 4 is 23.2 Å². The van der Waals surface area contributed by atoms with Gasteiger partial charge in [0, 0.05) is 23.5 Å². The number of nitrogens with one attached hydrogen (secondary N) is 1. The van der Waals surface area contributed by atoms with Crippen molar-refractivity contribution in [2.45, 2.75) is 13.3 Å². The maximum atomic E-state index is 12.6. The summed E-state index contributed by atoms with van der Waals surface area (Å²) in [5.41, 5.74) is 4.19. The van der Waals surface area contributed by atoms with Gasteiger partial charge in [-0.15, -0.1) is 0 Å². The van der Waals surface area contributed by atoms with E-state index in [-0.39, 0.29) is 11.8 Å². The quantitative estimate of drug-likeness (QED) is 0.778. The lowest BCUT2D eigenvalue weighted by Crippen LogP contribution is -2.28. The molecule has 0 fully saturated rings. The molecular formula is C21H18N2O3. The zero-order chi connectivity index (χ0) is 18.1. The van der Waals surface area contributed by atoms with E-state index in [4.69, 9.17) is 4.42 Å². The van der Waals surface area contributed by atoms with Gasteiger partial charge >= 0.3 is 0 Å². The summed E-state index contributed by atoms with van der Waals surface area (Å²) in [5, 5.41) is 2.91. The molecule has 0 atom stereocenters. The minimum absolute atomic E-state index is 0.170. The van der Waals surface area contributed by atoms with Crippen LogP contribution in [0.15, 0.2) is 65.3 Å². The molecule has 0 saturated carbocycles. The predicted molar refractivity (Wildman–Crippen MR) is 99.7 cm³/mol. The summed E-state index contributed by atoms with van der Waals surface area (Å²) in [7, 11) is 0. The van der Waals surface area contributed by atoms with Crippen LogP contribution < -0.4 is 10.2 Å². The lowest BCUT2D eigenvalue weighted by molar-refractivity contribution is 0.0962. The van der Waals surface area contributed by atoms with Crippen molar-refractivity contribution in [2.24, 2.45) is 0 Å². The van der Waals surface area contributed by atoms with Crippen molar-refractivity contribution in [1.29, 1.82) is 0 Å². The van der Waals surface area contributed by atoms with Gasteiger partial charge in [-0.2, -0.15) is 0 Å². The second kappa shape index (κ2) is 6.52. The number of carbonyl (C=O) groups excluding carboxylic acids is 2. The summed E-state index contributed by atoms with van der Waals surface area (Å²) >= 11 is 0. The first kappa shape index (κ1) is 16.1. The Morgan fingerprint density at radius 2 is 1.96 bits per heavy atom. The van der Waals surface area contributed by atoms with Crippen molar-refractivity contribution in [3.63, 3.8) is 0 Å². The smallest absolute Gasteiger partial charge is 0.293 e. The molecule has 3 aromatic rings. The van der Waals surface area contributed by atoms with Crippen LogP contribution in [0.1, 0.15) is 32.0 Å². The maximum Gasteiger partial charge on any atom is 0.293 e. The molecule has 0 bridgehead atoms. The van der Waals surface area contributed by atoms with Gasteiger partial charge in [-0.1, -0.05) is 23.8 Å². The van der Waals surface area contributed by atoms with Crippen molar-refractivity contribution in [3.05, 3.63) is 83.3 Å². The molecule has 26 heavy (non-hydrogen) atoms. The van der Waals surface area contributed by atoms with E-state index in [2.05, 4.69) is 5.32 Å². The summed E-state index contributed by atoms with van der Waals surface area (Å²) in [6, 6.07) is 16.5. The molecule has 4 rings (SSSR count). The molecule has 0 spiro atoms. The normalized spacial score (nSPS) is 12.7. The highest BCUT2D eigenvalue weighted by atomic mass is 16.3. The van der Waals surface area contributed by atoms with Gasteiger partial charge in [-0.05, 0) is 55.3 Å². The largest absolute Gasteiger partial charge is 0.459 e. The monoisotopic (exact) mass is 346 g/mol. The second-order valence-electron chi connectivity index (χ2n) is 6.35. The Morgan fingerprint density at radius 3 is 2.73 bits per heavy atom. The predicted octanol–water partition coefficient (Wildman–Crippen LogP) is 4.04. The fourth-order valence-corrected chi connectivity index (χ4v) is 3.19. The number of nitrogens with zero attached hydrogens (tertiary/aromatic N) is 1. The van der Waals surface area contributed by atoms with Crippen LogP contribution >= 0.6 is 0 Å². The summed E-state index contributed by atoms with van der Waals surface area (Å²) in [6.07, 6.45) is 2.27. The third-order valence-electron chi connectivity index (χ3n) is 4.50. The van der Waals surface area contributed by atoms with E-state index in [0.29, 0.717) is 23.6 Å². The zero-order valence-electron chi connectivity index (χ0n) is 14.4. The molecule has 2 aromatic carbocycles. The SMILES string of the molecule is Cc1cccc(C(=O)Nc2ccc3c(c2)N(C(=O)c2ccco2)CC3)c1. The van der Waals surface area contributed by atoms with E-state index in [9.17, 15) is 9.59 Å². The number of fused-ring (bicyclic) bond motifs is 1. The molecule has 130 valence electrons. The number of anilines is 2. The first-order valence-corrected chi connectivity index (χ1v) is 8.48. The number of hydrogen-bond acceptors (Lipinski definition) is 3. The second-order valence-corrected chi connectivity index (χ2v) is 6.35. The van der Waals surface area contributed by atoms with Gasteiger partial charge in [0.25, 0.3) is 11.8 Å². The van der Waals surface area contributed by atoms with E-state index in [1.165, 1.54) is 6.26 Å². The highest BCUT2D eigenvalue weighted by Crippen LogP contribution is 2.32. The van der Waals surface area contributed by atoms with Crippen LogP contribution in [0.4, 0.5) is 11.4 Å². The number of amides is 2. The van der Waals surface area contributed by atoms with Crippen LogP contribution in [0, 0.1) is 6.92 Å². The molecular weight excluding hydrogens is 328 g/mol. The third-order valence-corrected chi connectivity index (χ3v) is 4.50. The molecule has 0 aliphatic carbocycles. The van der Waals surface area contributed by atoms with Crippen LogP contribution in [-0.4, -0.2) is 18.4 Å². The van der Waals surface area contributed by atoms with Gasteiger partial charge in [-0.25, -0.2) is 0 Å². The van der Waals surface area contributed by atoms with Crippen molar-refractivity contribution in [3.8, 4) is 0 Å². The molecule has 2 amide bonds. The molecule has 0 radical (unpaired) electrons.